The zero-order chi connectivity index (χ0) is 18.3. The van der Waals surface area contributed by atoms with Crippen LogP contribution in [0.5, 0.6) is 0 Å². The number of methoxy groups -OCH3 is 2. The number of esters is 1. The molecule has 24 heavy (non-hydrogen) atoms. The van der Waals surface area contributed by atoms with Crippen LogP contribution in [0.4, 0.5) is 0 Å². The zero-order valence-electron chi connectivity index (χ0n) is 15.2. The lowest BCUT2D eigenvalue weighted by Gasteiger charge is -2.44. The number of rotatable bonds is 9. The number of carbonyl (C=O) groups excluding carboxylic acids is 1. The predicted molar refractivity (Wildman–Crippen MR) is 86.7 cm³/mol. The SMILES string of the molecule is CCOC(=O)C1CC(C(=O)O)C(OC)C(OC(CC)CC)C1OC. The van der Waals surface area contributed by atoms with Crippen LogP contribution in [0, 0.1) is 11.8 Å². The van der Waals surface area contributed by atoms with Crippen LogP contribution in [0.25, 0.3) is 0 Å². The highest BCUT2D eigenvalue weighted by atomic mass is 16.6. The van der Waals surface area contributed by atoms with Crippen LogP contribution in [-0.4, -0.2) is 62.3 Å². The first-order valence-electron chi connectivity index (χ1n) is 8.55. The summed E-state index contributed by atoms with van der Waals surface area (Å²) >= 11 is 0. The van der Waals surface area contributed by atoms with Crippen molar-refractivity contribution >= 4 is 11.9 Å². The molecule has 1 fully saturated rings. The predicted octanol–water partition coefficient (Wildman–Crippen LogP) is 1.87. The average molecular weight is 346 g/mol. The van der Waals surface area contributed by atoms with E-state index >= 15 is 0 Å². The van der Waals surface area contributed by atoms with E-state index in [1.807, 2.05) is 13.8 Å². The second-order valence-corrected chi connectivity index (χ2v) is 5.98. The lowest BCUT2D eigenvalue weighted by atomic mass is 9.75. The minimum absolute atomic E-state index is 0.0549. The summed E-state index contributed by atoms with van der Waals surface area (Å²) in [4.78, 5) is 24.0. The Morgan fingerprint density at radius 1 is 1.00 bits per heavy atom. The maximum Gasteiger partial charge on any atom is 0.311 e. The van der Waals surface area contributed by atoms with Gasteiger partial charge in [-0.2, -0.15) is 0 Å². The van der Waals surface area contributed by atoms with E-state index in [4.69, 9.17) is 18.9 Å². The summed E-state index contributed by atoms with van der Waals surface area (Å²) < 4.78 is 22.2. The molecular formula is C17H30O7. The Kier molecular flexibility index (Phi) is 8.66. The molecule has 1 saturated carbocycles. The summed E-state index contributed by atoms with van der Waals surface area (Å²) in [6, 6.07) is 0. The molecule has 0 bridgehead atoms. The van der Waals surface area contributed by atoms with Crippen molar-refractivity contribution < 1.29 is 33.6 Å². The number of aliphatic carboxylic acids is 1. The molecule has 1 aliphatic rings. The van der Waals surface area contributed by atoms with Gasteiger partial charge in [-0.3, -0.25) is 9.59 Å². The third-order valence-electron chi connectivity index (χ3n) is 4.66. The first-order chi connectivity index (χ1) is 11.4. The van der Waals surface area contributed by atoms with Crippen molar-refractivity contribution in [1.29, 1.82) is 0 Å². The number of hydrogen-bond donors (Lipinski definition) is 1. The van der Waals surface area contributed by atoms with Crippen molar-refractivity contribution in [1.82, 2.24) is 0 Å². The van der Waals surface area contributed by atoms with E-state index in [2.05, 4.69) is 0 Å². The normalized spacial score (nSPS) is 30.3. The van der Waals surface area contributed by atoms with E-state index < -0.39 is 42.1 Å². The third-order valence-corrected chi connectivity index (χ3v) is 4.66. The Labute approximate surface area is 143 Å². The van der Waals surface area contributed by atoms with E-state index in [0.29, 0.717) is 0 Å². The van der Waals surface area contributed by atoms with Crippen molar-refractivity contribution in [2.45, 2.75) is 64.4 Å². The third kappa shape index (κ3) is 4.68. The molecule has 0 aromatic heterocycles. The van der Waals surface area contributed by atoms with Crippen molar-refractivity contribution in [2.24, 2.45) is 11.8 Å². The minimum atomic E-state index is -1.01. The molecule has 7 nitrogen and oxygen atoms in total. The molecule has 1 rings (SSSR count). The van der Waals surface area contributed by atoms with Gasteiger partial charge in [0.2, 0.25) is 0 Å². The summed E-state index contributed by atoms with van der Waals surface area (Å²) in [6.07, 6.45) is -0.323. The van der Waals surface area contributed by atoms with E-state index in [1.165, 1.54) is 14.2 Å². The Morgan fingerprint density at radius 3 is 1.96 bits per heavy atom. The van der Waals surface area contributed by atoms with Gasteiger partial charge in [-0.1, -0.05) is 13.8 Å². The van der Waals surface area contributed by atoms with Gasteiger partial charge in [-0.05, 0) is 26.2 Å². The molecule has 0 aromatic rings. The summed E-state index contributed by atoms with van der Waals surface area (Å²) in [6.45, 7) is 5.94. The molecule has 0 radical (unpaired) electrons. The molecule has 0 spiro atoms. The van der Waals surface area contributed by atoms with Crippen LogP contribution >= 0.6 is 0 Å². The fraction of sp³-hybridized carbons (Fsp3) is 0.882. The summed E-state index contributed by atoms with van der Waals surface area (Å²) in [7, 11) is 2.95. The standard InChI is InChI=1S/C17H30O7/c1-6-10(7-2)24-15-13(21-4)11(16(18)19)9-12(14(15)22-5)17(20)23-8-3/h10-15H,6-9H2,1-5H3,(H,18,19). The highest BCUT2D eigenvalue weighted by Gasteiger charge is 2.52. The quantitative estimate of drug-likeness (QED) is 0.637. The van der Waals surface area contributed by atoms with E-state index in [9.17, 15) is 14.7 Å². The lowest BCUT2D eigenvalue weighted by molar-refractivity contribution is -0.210. The molecule has 5 unspecified atom stereocenters. The summed E-state index contributed by atoms with van der Waals surface area (Å²) in [5.41, 5.74) is 0. The topological polar surface area (TPSA) is 91.3 Å². The number of hydrogen-bond acceptors (Lipinski definition) is 6. The molecule has 1 aliphatic carbocycles. The van der Waals surface area contributed by atoms with Gasteiger partial charge in [0.15, 0.2) is 0 Å². The zero-order valence-corrected chi connectivity index (χ0v) is 15.2. The number of carbonyl (C=O) groups is 2. The largest absolute Gasteiger partial charge is 0.481 e. The van der Waals surface area contributed by atoms with Gasteiger partial charge in [0.05, 0.1) is 36.8 Å². The van der Waals surface area contributed by atoms with Crippen LogP contribution in [0.15, 0.2) is 0 Å². The van der Waals surface area contributed by atoms with Gasteiger partial charge in [0, 0.05) is 14.2 Å². The Balaban J connectivity index is 3.17. The van der Waals surface area contributed by atoms with Crippen molar-refractivity contribution in [3.63, 3.8) is 0 Å². The number of carboxylic acids is 1. The number of carboxylic acid groups (broad SMARTS) is 1. The fourth-order valence-electron chi connectivity index (χ4n) is 3.36. The molecule has 7 heteroatoms. The second-order valence-electron chi connectivity index (χ2n) is 5.98. The minimum Gasteiger partial charge on any atom is -0.481 e. The first-order valence-corrected chi connectivity index (χ1v) is 8.55. The molecule has 0 saturated heterocycles. The van der Waals surface area contributed by atoms with Gasteiger partial charge >= 0.3 is 11.9 Å². The fourth-order valence-corrected chi connectivity index (χ4v) is 3.36. The summed E-state index contributed by atoms with van der Waals surface area (Å²) in [5, 5.41) is 9.57. The molecule has 5 atom stereocenters. The average Bonchev–Trinajstić information content (AvgIpc) is 2.58. The van der Waals surface area contributed by atoms with Gasteiger partial charge in [-0.15, -0.1) is 0 Å². The van der Waals surface area contributed by atoms with Crippen LogP contribution in [0.1, 0.15) is 40.0 Å². The Morgan fingerprint density at radius 2 is 1.54 bits per heavy atom. The van der Waals surface area contributed by atoms with Gasteiger partial charge in [0.1, 0.15) is 6.10 Å². The van der Waals surface area contributed by atoms with Crippen LogP contribution in [0.2, 0.25) is 0 Å². The van der Waals surface area contributed by atoms with E-state index in [-0.39, 0.29) is 19.1 Å². The smallest absolute Gasteiger partial charge is 0.311 e. The Hall–Kier alpha value is -1.18. The van der Waals surface area contributed by atoms with E-state index in [1.54, 1.807) is 6.92 Å². The molecule has 140 valence electrons. The molecular weight excluding hydrogens is 316 g/mol. The maximum absolute atomic E-state index is 12.3. The Bertz CT molecular complexity index is 408. The van der Waals surface area contributed by atoms with Crippen molar-refractivity contribution in [3.05, 3.63) is 0 Å². The maximum atomic E-state index is 12.3. The highest BCUT2D eigenvalue weighted by molar-refractivity contribution is 5.77. The van der Waals surface area contributed by atoms with Crippen molar-refractivity contribution in [3.8, 4) is 0 Å². The van der Waals surface area contributed by atoms with E-state index in [0.717, 1.165) is 12.8 Å². The molecule has 0 aromatic carbocycles. The molecule has 1 N–H and O–H groups in total. The van der Waals surface area contributed by atoms with Gasteiger partial charge < -0.3 is 24.1 Å². The van der Waals surface area contributed by atoms with Crippen LogP contribution < -0.4 is 0 Å². The van der Waals surface area contributed by atoms with Gasteiger partial charge in [-0.25, -0.2) is 0 Å². The van der Waals surface area contributed by atoms with Crippen LogP contribution in [0.3, 0.4) is 0 Å². The van der Waals surface area contributed by atoms with Gasteiger partial charge in [0.25, 0.3) is 0 Å². The monoisotopic (exact) mass is 346 g/mol. The number of ether oxygens (including phenoxy) is 4. The van der Waals surface area contributed by atoms with Crippen molar-refractivity contribution in [2.75, 3.05) is 20.8 Å². The molecule has 0 amide bonds. The second kappa shape index (κ2) is 9.96. The van der Waals surface area contributed by atoms with Crippen LogP contribution in [-0.2, 0) is 28.5 Å². The highest BCUT2D eigenvalue weighted by Crippen LogP contribution is 2.37. The lowest BCUT2D eigenvalue weighted by Crippen LogP contribution is -2.58. The summed E-state index contributed by atoms with van der Waals surface area (Å²) in [5.74, 6) is -3.01. The molecule has 0 aliphatic heterocycles. The molecule has 0 heterocycles. The first kappa shape index (κ1) is 20.9.